The van der Waals surface area contributed by atoms with Crippen molar-refractivity contribution in [1.29, 1.82) is 0 Å². The van der Waals surface area contributed by atoms with Crippen LogP contribution in [0.4, 0.5) is 5.82 Å². The summed E-state index contributed by atoms with van der Waals surface area (Å²) in [5.41, 5.74) is 6.25. The molecule has 6 heteroatoms. The fraction of sp³-hybridized carbons (Fsp3) is 0.240. The third kappa shape index (κ3) is 4.94. The van der Waals surface area contributed by atoms with Crippen molar-refractivity contribution in [1.82, 2.24) is 9.97 Å². The lowest BCUT2D eigenvalue weighted by molar-refractivity contribution is 0.0697. The molecule has 0 aliphatic carbocycles. The van der Waals surface area contributed by atoms with Gasteiger partial charge in [-0.1, -0.05) is 41.4 Å². The number of fused-ring (bicyclic) bond motifs is 1. The Morgan fingerprint density at radius 2 is 1.74 bits per heavy atom. The topological polar surface area (TPSA) is 66.3 Å². The SMILES string of the molecule is CCN(/C(C)=C(C)/C=C(\C)Cl)c1nc2cc(C(=O)O)ccc2nc1-c1ccc(C)cc1. The van der Waals surface area contributed by atoms with Crippen molar-refractivity contribution in [3.8, 4) is 11.3 Å². The van der Waals surface area contributed by atoms with Crippen LogP contribution in [0.1, 0.15) is 43.6 Å². The number of halogens is 1. The van der Waals surface area contributed by atoms with Crippen LogP contribution in [0.3, 0.4) is 0 Å². The minimum Gasteiger partial charge on any atom is -0.478 e. The Morgan fingerprint density at radius 3 is 2.32 bits per heavy atom. The van der Waals surface area contributed by atoms with Crippen LogP contribution >= 0.6 is 11.6 Å². The number of benzene rings is 2. The van der Waals surface area contributed by atoms with Crippen LogP contribution in [0.25, 0.3) is 22.3 Å². The summed E-state index contributed by atoms with van der Waals surface area (Å²) in [6.45, 7) is 10.6. The van der Waals surface area contributed by atoms with E-state index in [4.69, 9.17) is 21.6 Å². The number of hydrogen-bond acceptors (Lipinski definition) is 4. The lowest BCUT2D eigenvalue weighted by atomic mass is 10.1. The van der Waals surface area contributed by atoms with E-state index in [-0.39, 0.29) is 5.56 Å². The van der Waals surface area contributed by atoms with Crippen LogP contribution in [0.2, 0.25) is 0 Å². The lowest BCUT2D eigenvalue weighted by Gasteiger charge is -2.26. The van der Waals surface area contributed by atoms with Crippen LogP contribution in [0, 0.1) is 6.92 Å². The highest BCUT2D eigenvalue weighted by atomic mass is 35.5. The van der Waals surface area contributed by atoms with Gasteiger partial charge in [-0.05, 0) is 64.5 Å². The van der Waals surface area contributed by atoms with Crippen LogP contribution in [0.15, 0.2) is 64.8 Å². The highest BCUT2D eigenvalue weighted by molar-refractivity contribution is 6.29. The molecule has 0 aliphatic heterocycles. The third-order valence-electron chi connectivity index (χ3n) is 5.18. The number of allylic oxidation sites excluding steroid dienone is 4. The van der Waals surface area contributed by atoms with E-state index in [0.717, 1.165) is 28.1 Å². The van der Waals surface area contributed by atoms with Gasteiger partial charge < -0.3 is 10.0 Å². The van der Waals surface area contributed by atoms with Crippen LogP contribution in [-0.2, 0) is 0 Å². The summed E-state index contributed by atoms with van der Waals surface area (Å²) < 4.78 is 0. The number of aromatic carboxylic acids is 1. The van der Waals surface area contributed by atoms with E-state index in [1.54, 1.807) is 18.2 Å². The highest BCUT2D eigenvalue weighted by Crippen LogP contribution is 2.33. The summed E-state index contributed by atoms with van der Waals surface area (Å²) in [5.74, 6) is -0.311. The van der Waals surface area contributed by atoms with Gasteiger partial charge in [-0.3, -0.25) is 0 Å². The van der Waals surface area contributed by atoms with Gasteiger partial charge in [0.25, 0.3) is 0 Å². The first kappa shape index (κ1) is 22.5. The molecule has 0 amide bonds. The molecule has 160 valence electrons. The summed E-state index contributed by atoms with van der Waals surface area (Å²) in [6.07, 6.45) is 1.92. The maximum atomic E-state index is 11.5. The molecular weight excluding hydrogens is 410 g/mol. The Hall–Kier alpha value is -3.18. The van der Waals surface area contributed by atoms with Crippen LogP contribution < -0.4 is 4.90 Å². The first-order valence-corrected chi connectivity index (χ1v) is 10.5. The molecule has 3 aromatic rings. The van der Waals surface area contributed by atoms with E-state index in [9.17, 15) is 9.90 Å². The van der Waals surface area contributed by atoms with E-state index >= 15 is 0 Å². The Kier molecular flexibility index (Phi) is 6.76. The molecule has 0 radical (unpaired) electrons. The molecule has 1 N–H and O–H groups in total. The van der Waals surface area contributed by atoms with Gasteiger partial charge in [0.15, 0.2) is 5.82 Å². The molecule has 0 spiro atoms. The second kappa shape index (κ2) is 9.31. The zero-order chi connectivity index (χ0) is 22.7. The maximum absolute atomic E-state index is 11.5. The largest absolute Gasteiger partial charge is 0.478 e. The smallest absolute Gasteiger partial charge is 0.335 e. The van der Waals surface area contributed by atoms with E-state index in [1.165, 1.54) is 0 Å². The zero-order valence-electron chi connectivity index (χ0n) is 18.4. The second-order valence-electron chi connectivity index (χ2n) is 7.51. The van der Waals surface area contributed by atoms with Gasteiger partial charge in [0.05, 0.1) is 16.6 Å². The van der Waals surface area contributed by atoms with Crippen LogP contribution in [-0.4, -0.2) is 27.6 Å². The zero-order valence-corrected chi connectivity index (χ0v) is 19.2. The highest BCUT2D eigenvalue weighted by Gasteiger charge is 2.19. The minimum atomic E-state index is -0.991. The van der Waals surface area contributed by atoms with Crippen molar-refractivity contribution >= 4 is 34.4 Å². The minimum absolute atomic E-state index is 0.183. The van der Waals surface area contributed by atoms with Gasteiger partial charge in [-0.15, -0.1) is 0 Å². The molecule has 1 heterocycles. The van der Waals surface area contributed by atoms with Crippen molar-refractivity contribution in [3.63, 3.8) is 0 Å². The molecular formula is C25H26ClN3O2. The monoisotopic (exact) mass is 435 g/mol. The van der Waals surface area contributed by atoms with Gasteiger partial charge in [0.2, 0.25) is 0 Å². The molecule has 0 atom stereocenters. The number of hydrogen-bond donors (Lipinski definition) is 1. The average Bonchev–Trinajstić information content (AvgIpc) is 2.73. The number of aromatic nitrogens is 2. The van der Waals surface area contributed by atoms with Gasteiger partial charge in [0.1, 0.15) is 5.69 Å². The summed E-state index contributed by atoms with van der Waals surface area (Å²) in [4.78, 5) is 23.3. The normalized spacial score (nSPS) is 12.6. The Bertz CT molecular complexity index is 1190. The molecule has 0 saturated carbocycles. The molecule has 0 unspecified atom stereocenters. The standard InChI is InChI=1S/C25H26ClN3O2/c1-6-29(18(5)16(3)13-17(4)26)24-23(19-9-7-15(2)8-10-19)27-21-12-11-20(25(30)31)14-22(21)28-24/h7-14H,6H2,1-5H3,(H,30,31)/b17-13+,18-16+. The average molecular weight is 436 g/mol. The number of anilines is 1. The molecule has 31 heavy (non-hydrogen) atoms. The molecule has 2 aromatic carbocycles. The molecule has 5 nitrogen and oxygen atoms in total. The molecule has 3 rings (SSSR count). The maximum Gasteiger partial charge on any atom is 0.335 e. The predicted octanol–water partition coefficient (Wildman–Crippen LogP) is 6.57. The van der Waals surface area contributed by atoms with E-state index < -0.39 is 5.97 Å². The molecule has 0 aliphatic rings. The summed E-state index contributed by atoms with van der Waals surface area (Å²) >= 11 is 6.10. The molecule has 0 fully saturated rings. The Balaban J connectivity index is 2.31. The predicted molar refractivity (Wildman–Crippen MR) is 128 cm³/mol. The van der Waals surface area contributed by atoms with Gasteiger partial charge in [-0.25, -0.2) is 14.8 Å². The van der Waals surface area contributed by atoms with Crippen molar-refractivity contribution in [2.45, 2.75) is 34.6 Å². The van der Waals surface area contributed by atoms with Gasteiger partial charge in [0, 0.05) is 22.8 Å². The quantitative estimate of drug-likeness (QED) is 0.443. The van der Waals surface area contributed by atoms with Crippen molar-refractivity contribution in [3.05, 3.63) is 76.0 Å². The number of carbonyl (C=O) groups is 1. The fourth-order valence-electron chi connectivity index (χ4n) is 3.43. The summed E-state index contributed by atoms with van der Waals surface area (Å²) in [7, 11) is 0. The second-order valence-corrected chi connectivity index (χ2v) is 8.11. The van der Waals surface area contributed by atoms with E-state index in [0.29, 0.717) is 28.4 Å². The fourth-order valence-corrected chi connectivity index (χ4v) is 3.60. The first-order valence-electron chi connectivity index (χ1n) is 10.1. The first-order chi connectivity index (χ1) is 14.7. The Morgan fingerprint density at radius 1 is 1.06 bits per heavy atom. The van der Waals surface area contributed by atoms with Gasteiger partial charge >= 0.3 is 5.97 Å². The molecule has 0 saturated heterocycles. The number of carboxylic acid groups (broad SMARTS) is 1. The number of carboxylic acids is 1. The lowest BCUT2D eigenvalue weighted by Crippen LogP contribution is -2.24. The number of aryl methyl sites for hydroxylation is 1. The molecule has 1 aromatic heterocycles. The number of rotatable bonds is 6. The summed E-state index contributed by atoms with van der Waals surface area (Å²) in [5, 5.41) is 10.1. The molecule has 0 bridgehead atoms. The van der Waals surface area contributed by atoms with Crippen molar-refractivity contribution in [2.75, 3.05) is 11.4 Å². The van der Waals surface area contributed by atoms with E-state index in [2.05, 4.69) is 4.90 Å². The summed E-state index contributed by atoms with van der Waals surface area (Å²) in [6, 6.07) is 13.0. The van der Waals surface area contributed by atoms with E-state index in [1.807, 2.05) is 65.0 Å². The van der Waals surface area contributed by atoms with Gasteiger partial charge in [-0.2, -0.15) is 0 Å². The van der Waals surface area contributed by atoms with Crippen LogP contribution in [0.5, 0.6) is 0 Å². The third-order valence-corrected chi connectivity index (χ3v) is 5.29. The Labute approximate surface area is 187 Å². The van der Waals surface area contributed by atoms with Crippen molar-refractivity contribution in [2.24, 2.45) is 0 Å². The van der Waals surface area contributed by atoms with Crippen molar-refractivity contribution < 1.29 is 9.90 Å². The number of nitrogens with zero attached hydrogens (tertiary/aromatic N) is 3.